The van der Waals surface area contributed by atoms with Crippen LogP contribution in [0.25, 0.3) is 10.9 Å². The summed E-state index contributed by atoms with van der Waals surface area (Å²) in [4.78, 5) is 30.2. The largest absolute Gasteiger partial charge is 0.385 e. The minimum Gasteiger partial charge on any atom is -0.385 e. The number of methoxy groups -OCH3 is 1. The van der Waals surface area contributed by atoms with Crippen LogP contribution in [0.15, 0.2) is 52.4 Å². The molecule has 30 heavy (non-hydrogen) atoms. The average molecular weight is 450 g/mol. The molecule has 1 heterocycles. The van der Waals surface area contributed by atoms with Crippen LogP contribution in [0.4, 0.5) is 10.1 Å². The van der Waals surface area contributed by atoms with E-state index in [1.807, 2.05) is 0 Å². The number of fused-ring (bicyclic) bond motifs is 1. The quantitative estimate of drug-likeness (QED) is 0.314. The van der Waals surface area contributed by atoms with Gasteiger partial charge in [0.05, 0.1) is 16.2 Å². The molecule has 1 N–H and O–H groups in total. The Kier molecular flexibility index (Phi) is 7.47. The first-order valence-electron chi connectivity index (χ1n) is 9.31. The van der Waals surface area contributed by atoms with E-state index in [1.165, 1.54) is 18.2 Å². The highest BCUT2D eigenvalue weighted by atomic mass is 35.5. The Morgan fingerprint density at radius 3 is 2.87 bits per heavy atom. The summed E-state index contributed by atoms with van der Waals surface area (Å²) in [7, 11) is 1.60. The number of halogens is 2. The second-order valence-electron chi connectivity index (χ2n) is 6.62. The number of rotatable bonds is 8. The van der Waals surface area contributed by atoms with Crippen LogP contribution in [0.5, 0.6) is 0 Å². The number of benzene rings is 2. The van der Waals surface area contributed by atoms with E-state index in [0.29, 0.717) is 46.3 Å². The van der Waals surface area contributed by atoms with E-state index in [4.69, 9.17) is 16.3 Å². The topological polar surface area (TPSA) is 73.2 Å². The molecule has 2 aromatic carbocycles. The molecular weight excluding hydrogens is 429 g/mol. The fourth-order valence-corrected chi connectivity index (χ4v) is 3.95. The highest BCUT2D eigenvalue weighted by molar-refractivity contribution is 8.00. The van der Waals surface area contributed by atoms with Crippen molar-refractivity contribution < 1.29 is 13.9 Å². The van der Waals surface area contributed by atoms with Crippen molar-refractivity contribution in [2.75, 3.05) is 19.0 Å². The molecule has 0 fully saturated rings. The van der Waals surface area contributed by atoms with Crippen LogP contribution in [0.3, 0.4) is 0 Å². The maximum atomic E-state index is 13.4. The number of nitrogens with zero attached hydrogens (tertiary/aromatic N) is 2. The lowest BCUT2D eigenvalue weighted by atomic mass is 10.2. The van der Waals surface area contributed by atoms with E-state index in [1.54, 1.807) is 42.9 Å². The third-order valence-electron chi connectivity index (χ3n) is 4.36. The molecule has 3 rings (SSSR count). The molecule has 0 saturated heterocycles. The molecule has 0 aliphatic carbocycles. The van der Waals surface area contributed by atoms with E-state index < -0.39 is 11.1 Å². The van der Waals surface area contributed by atoms with E-state index in [9.17, 15) is 14.0 Å². The number of hydrogen-bond acceptors (Lipinski definition) is 5. The minimum atomic E-state index is -0.578. The Morgan fingerprint density at radius 1 is 1.33 bits per heavy atom. The van der Waals surface area contributed by atoms with Gasteiger partial charge in [-0.1, -0.05) is 29.4 Å². The summed E-state index contributed by atoms with van der Waals surface area (Å²) in [5, 5.41) is 3.44. The lowest BCUT2D eigenvalue weighted by molar-refractivity contribution is -0.115. The normalized spacial score (nSPS) is 12.1. The average Bonchev–Trinajstić information content (AvgIpc) is 2.70. The fraction of sp³-hybridized carbons (Fsp3) is 0.286. The number of ether oxygens (including phenoxy) is 1. The second kappa shape index (κ2) is 10.1. The molecule has 0 aliphatic heterocycles. The van der Waals surface area contributed by atoms with E-state index in [-0.39, 0.29) is 11.5 Å². The van der Waals surface area contributed by atoms with Crippen LogP contribution >= 0.6 is 23.4 Å². The molecule has 158 valence electrons. The zero-order valence-corrected chi connectivity index (χ0v) is 18.1. The number of anilines is 1. The number of hydrogen-bond donors (Lipinski definition) is 1. The molecule has 3 aromatic rings. The summed E-state index contributed by atoms with van der Waals surface area (Å²) in [5.74, 6) is -0.761. The van der Waals surface area contributed by atoms with Crippen molar-refractivity contribution >= 4 is 45.9 Å². The van der Waals surface area contributed by atoms with Gasteiger partial charge in [0.1, 0.15) is 5.82 Å². The Morgan fingerprint density at radius 2 is 2.13 bits per heavy atom. The predicted octanol–water partition coefficient (Wildman–Crippen LogP) is 4.34. The molecular formula is C21H21ClFN3O3S. The predicted molar refractivity (Wildman–Crippen MR) is 118 cm³/mol. The van der Waals surface area contributed by atoms with Crippen molar-refractivity contribution in [1.82, 2.24) is 9.55 Å². The van der Waals surface area contributed by atoms with Crippen molar-refractivity contribution in [1.29, 1.82) is 0 Å². The van der Waals surface area contributed by atoms with Crippen molar-refractivity contribution in [2.24, 2.45) is 0 Å². The minimum absolute atomic E-state index is 0.201. The molecule has 0 radical (unpaired) electrons. The fourth-order valence-electron chi connectivity index (χ4n) is 2.85. The van der Waals surface area contributed by atoms with Crippen LogP contribution in [-0.2, 0) is 16.1 Å². The summed E-state index contributed by atoms with van der Waals surface area (Å²) >= 11 is 7.21. The summed E-state index contributed by atoms with van der Waals surface area (Å²) < 4.78 is 20.0. The maximum absolute atomic E-state index is 13.4. The first-order chi connectivity index (χ1) is 14.4. The van der Waals surface area contributed by atoms with Gasteiger partial charge in [0.15, 0.2) is 5.16 Å². The molecule has 0 spiro atoms. The van der Waals surface area contributed by atoms with Gasteiger partial charge in [-0.25, -0.2) is 9.37 Å². The molecule has 9 heteroatoms. The van der Waals surface area contributed by atoms with Crippen LogP contribution in [0.1, 0.15) is 13.3 Å². The second-order valence-corrected chi connectivity index (χ2v) is 8.36. The smallest absolute Gasteiger partial charge is 0.262 e. The van der Waals surface area contributed by atoms with Gasteiger partial charge < -0.3 is 10.1 Å². The number of nitrogens with one attached hydrogen (secondary N) is 1. The third-order valence-corrected chi connectivity index (χ3v) is 5.68. The molecule has 1 unspecified atom stereocenters. The highest BCUT2D eigenvalue weighted by Gasteiger charge is 2.20. The van der Waals surface area contributed by atoms with Gasteiger partial charge in [-0.3, -0.25) is 14.2 Å². The summed E-state index contributed by atoms with van der Waals surface area (Å²) in [6.07, 6.45) is 0.620. The van der Waals surface area contributed by atoms with Crippen molar-refractivity contribution in [3.8, 4) is 0 Å². The molecule has 1 aromatic heterocycles. The van der Waals surface area contributed by atoms with Crippen molar-refractivity contribution in [2.45, 2.75) is 30.3 Å². The van der Waals surface area contributed by atoms with Crippen LogP contribution < -0.4 is 10.9 Å². The lowest BCUT2D eigenvalue weighted by Crippen LogP contribution is -2.27. The monoisotopic (exact) mass is 449 g/mol. The van der Waals surface area contributed by atoms with Gasteiger partial charge in [-0.2, -0.15) is 0 Å². The summed E-state index contributed by atoms with van der Waals surface area (Å²) in [6, 6.07) is 10.6. The van der Waals surface area contributed by atoms with Crippen LogP contribution in [0, 0.1) is 5.82 Å². The Labute approximate surface area is 182 Å². The van der Waals surface area contributed by atoms with Gasteiger partial charge in [-0.15, -0.1) is 0 Å². The molecule has 1 atom stereocenters. The summed E-state index contributed by atoms with van der Waals surface area (Å²) in [5.41, 5.74) is 0.631. The SMILES string of the molecule is COCCCn1c(SC(C)C(=O)Nc2cccc(F)c2)nc2cc(Cl)ccc2c1=O. The molecule has 0 saturated carbocycles. The summed E-state index contributed by atoms with van der Waals surface area (Å²) in [6.45, 7) is 2.59. The van der Waals surface area contributed by atoms with E-state index >= 15 is 0 Å². The van der Waals surface area contributed by atoms with E-state index in [2.05, 4.69) is 10.3 Å². The van der Waals surface area contributed by atoms with E-state index in [0.717, 1.165) is 11.8 Å². The third kappa shape index (κ3) is 5.38. The first kappa shape index (κ1) is 22.3. The number of aromatic nitrogens is 2. The van der Waals surface area contributed by atoms with Gasteiger partial charge in [-0.05, 0) is 49.7 Å². The standard InChI is InChI=1S/C21H21ClFN3O3S/c1-13(19(27)24-16-6-3-5-15(23)12-16)30-21-25-18-11-14(22)7-8-17(18)20(28)26(21)9-4-10-29-2/h3,5-8,11-13H,4,9-10H2,1-2H3,(H,24,27). The molecule has 0 aliphatic rings. The Hall–Kier alpha value is -2.42. The van der Waals surface area contributed by atoms with Crippen LogP contribution in [0.2, 0.25) is 5.02 Å². The number of carbonyl (C=O) groups excluding carboxylic acids is 1. The first-order valence-corrected chi connectivity index (χ1v) is 10.6. The number of thioether (sulfide) groups is 1. The number of carbonyl (C=O) groups is 1. The Balaban J connectivity index is 1.89. The molecule has 0 bridgehead atoms. The van der Waals surface area contributed by atoms with Crippen molar-refractivity contribution in [3.05, 3.63) is 63.7 Å². The zero-order chi connectivity index (χ0) is 21.7. The van der Waals surface area contributed by atoms with Gasteiger partial charge in [0.25, 0.3) is 5.56 Å². The van der Waals surface area contributed by atoms with Crippen molar-refractivity contribution in [3.63, 3.8) is 0 Å². The zero-order valence-electron chi connectivity index (χ0n) is 16.5. The highest BCUT2D eigenvalue weighted by Crippen LogP contribution is 2.25. The van der Waals surface area contributed by atoms with Gasteiger partial charge in [0, 0.05) is 31.0 Å². The molecule has 1 amide bonds. The Bertz CT molecular complexity index is 1120. The lowest BCUT2D eigenvalue weighted by Gasteiger charge is -2.16. The number of amides is 1. The van der Waals surface area contributed by atoms with Gasteiger partial charge in [0.2, 0.25) is 5.91 Å². The van der Waals surface area contributed by atoms with Gasteiger partial charge >= 0.3 is 0 Å². The van der Waals surface area contributed by atoms with Crippen LogP contribution in [-0.4, -0.2) is 34.4 Å². The molecule has 6 nitrogen and oxygen atoms in total. The maximum Gasteiger partial charge on any atom is 0.262 e.